The molecule has 172 valence electrons. The maximum absolute atomic E-state index is 12.5. The molecule has 1 aliphatic rings. The molecule has 0 fully saturated rings. The van der Waals surface area contributed by atoms with Crippen LogP contribution in [0.25, 0.3) is 44.5 Å². The van der Waals surface area contributed by atoms with Crippen molar-refractivity contribution in [3.63, 3.8) is 0 Å². The third kappa shape index (κ3) is 4.13. The molecule has 0 aliphatic heterocycles. The highest BCUT2D eigenvalue weighted by Crippen LogP contribution is 2.44. The van der Waals surface area contributed by atoms with Crippen LogP contribution in [-0.4, -0.2) is 38.9 Å². The van der Waals surface area contributed by atoms with Crippen molar-refractivity contribution in [3.8, 4) is 39.5 Å². The van der Waals surface area contributed by atoms with E-state index in [1.807, 2.05) is 41.8 Å². The van der Waals surface area contributed by atoms with Gasteiger partial charge in [0.15, 0.2) is 5.13 Å². The average Bonchev–Trinajstić information content (AvgIpc) is 3.48. The second-order valence-corrected chi connectivity index (χ2v) is 9.84. The minimum atomic E-state index is -0.102. The second kappa shape index (κ2) is 9.09. The van der Waals surface area contributed by atoms with Crippen LogP contribution in [0, 0.1) is 0 Å². The van der Waals surface area contributed by atoms with Crippen molar-refractivity contribution in [2.45, 2.75) is 11.6 Å². The summed E-state index contributed by atoms with van der Waals surface area (Å²) in [5, 5.41) is 17.0. The van der Waals surface area contributed by atoms with Crippen LogP contribution in [0.3, 0.4) is 0 Å². The van der Waals surface area contributed by atoms with Crippen molar-refractivity contribution in [2.24, 2.45) is 0 Å². The molecule has 1 amide bonds. The normalized spacial score (nSPS) is 11.5. The molecule has 1 N–H and O–H groups in total. The van der Waals surface area contributed by atoms with Gasteiger partial charge in [-0.3, -0.25) is 4.79 Å². The predicted octanol–water partition coefficient (Wildman–Crippen LogP) is 5.93. The summed E-state index contributed by atoms with van der Waals surface area (Å²) in [5.41, 5.74) is 5.56. The maximum Gasteiger partial charge on any atom is 0.226 e. The van der Waals surface area contributed by atoms with E-state index in [4.69, 9.17) is 9.72 Å². The Balaban J connectivity index is 1.09. The number of amides is 1. The fraction of sp³-hybridized carbons (Fsp3) is 0.115. The van der Waals surface area contributed by atoms with Gasteiger partial charge >= 0.3 is 0 Å². The van der Waals surface area contributed by atoms with Crippen LogP contribution in [0.1, 0.15) is 6.42 Å². The number of aromatic nitrogens is 4. The van der Waals surface area contributed by atoms with Crippen LogP contribution in [0.5, 0.6) is 5.75 Å². The number of nitrogens with one attached hydrogen (secondary N) is 1. The summed E-state index contributed by atoms with van der Waals surface area (Å²) in [6.45, 7) is 0. The fourth-order valence-corrected chi connectivity index (χ4v) is 5.60. The van der Waals surface area contributed by atoms with E-state index in [2.05, 4.69) is 44.8 Å². The predicted molar refractivity (Wildman–Crippen MR) is 140 cm³/mol. The van der Waals surface area contributed by atoms with E-state index in [1.54, 1.807) is 7.11 Å². The lowest BCUT2D eigenvalue weighted by Gasteiger charge is -2.04. The number of carbonyl (C=O) groups excluding carboxylic acids is 1. The summed E-state index contributed by atoms with van der Waals surface area (Å²) in [6, 6.07) is 20.1. The van der Waals surface area contributed by atoms with E-state index in [1.165, 1.54) is 33.9 Å². The first kappa shape index (κ1) is 21.7. The Morgan fingerprint density at radius 1 is 1.00 bits per heavy atom. The zero-order chi connectivity index (χ0) is 23.8. The molecule has 0 radical (unpaired) electrons. The number of hydrogen-bond acceptors (Lipinski definition) is 8. The number of ether oxygens (including phenoxy) is 1. The highest BCUT2D eigenvalue weighted by Gasteiger charge is 2.24. The number of benzene rings is 3. The SMILES string of the molecule is COc1cccc(-c2csc(NC(=O)CCSc3nnc4c(n3)-c3cccc5cccc-4c35)n2)c1. The quantitative estimate of drug-likeness (QED) is 0.274. The molecule has 0 saturated heterocycles. The number of nitrogens with zero attached hydrogens (tertiary/aromatic N) is 4. The van der Waals surface area contributed by atoms with Crippen molar-refractivity contribution < 1.29 is 9.53 Å². The zero-order valence-corrected chi connectivity index (χ0v) is 20.3. The fourth-order valence-electron chi connectivity index (χ4n) is 4.14. The van der Waals surface area contributed by atoms with Gasteiger partial charge < -0.3 is 10.1 Å². The Morgan fingerprint density at radius 3 is 2.63 bits per heavy atom. The number of carbonyl (C=O) groups is 1. The number of thioether (sulfide) groups is 1. The lowest BCUT2D eigenvalue weighted by molar-refractivity contribution is -0.115. The first-order valence-corrected chi connectivity index (χ1v) is 12.9. The molecule has 5 aromatic rings. The summed E-state index contributed by atoms with van der Waals surface area (Å²) in [5.74, 6) is 1.20. The largest absolute Gasteiger partial charge is 0.497 e. The summed E-state index contributed by atoms with van der Waals surface area (Å²) in [6.07, 6.45) is 0.314. The molecule has 2 aromatic heterocycles. The van der Waals surface area contributed by atoms with Gasteiger partial charge in [0.2, 0.25) is 11.1 Å². The van der Waals surface area contributed by atoms with E-state index in [-0.39, 0.29) is 5.91 Å². The monoisotopic (exact) mass is 497 g/mol. The molecule has 3 aromatic carbocycles. The molecule has 0 atom stereocenters. The van der Waals surface area contributed by atoms with Crippen molar-refractivity contribution in [2.75, 3.05) is 18.2 Å². The number of anilines is 1. The molecule has 2 heterocycles. The molecular formula is C26H19N5O2S2. The Morgan fingerprint density at radius 2 is 1.80 bits per heavy atom. The molecule has 0 unspecified atom stereocenters. The van der Waals surface area contributed by atoms with Gasteiger partial charge in [-0.15, -0.1) is 21.5 Å². The highest BCUT2D eigenvalue weighted by molar-refractivity contribution is 7.99. The van der Waals surface area contributed by atoms with Crippen LogP contribution in [0.4, 0.5) is 5.13 Å². The van der Waals surface area contributed by atoms with Crippen LogP contribution in [0.15, 0.2) is 71.2 Å². The van der Waals surface area contributed by atoms with Crippen LogP contribution in [-0.2, 0) is 4.79 Å². The van der Waals surface area contributed by atoms with Crippen LogP contribution >= 0.6 is 23.1 Å². The van der Waals surface area contributed by atoms with E-state index in [0.29, 0.717) is 22.5 Å². The van der Waals surface area contributed by atoms with Gasteiger partial charge in [0.25, 0.3) is 0 Å². The summed E-state index contributed by atoms with van der Waals surface area (Å²) in [7, 11) is 1.63. The Labute approximate surface area is 209 Å². The minimum Gasteiger partial charge on any atom is -0.497 e. The Hall–Kier alpha value is -3.82. The number of fused-ring (bicyclic) bond motifs is 3. The van der Waals surface area contributed by atoms with Crippen LogP contribution < -0.4 is 10.1 Å². The summed E-state index contributed by atoms with van der Waals surface area (Å²) in [4.78, 5) is 21.8. The van der Waals surface area contributed by atoms with E-state index in [9.17, 15) is 4.79 Å². The van der Waals surface area contributed by atoms with Crippen LogP contribution in [0.2, 0.25) is 0 Å². The van der Waals surface area contributed by atoms with Gasteiger partial charge in [-0.2, -0.15) is 0 Å². The molecule has 35 heavy (non-hydrogen) atoms. The molecule has 0 saturated carbocycles. The van der Waals surface area contributed by atoms with Crippen molar-refractivity contribution in [3.05, 3.63) is 66.0 Å². The number of thiazole rings is 1. The third-order valence-electron chi connectivity index (χ3n) is 5.76. The smallest absolute Gasteiger partial charge is 0.226 e. The van der Waals surface area contributed by atoms with Gasteiger partial charge in [-0.1, -0.05) is 60.3 Å². The Bertz CT molecular complexity index is 1580. The van der Waals surface area contributed by atoms with Gasteiger partial charge in [-0.05, 0) is 17.5 Å². The first-order valence-electron chi connectivity index (χ1n) is 11.0. The van der Waals surface area contributed by atoms with Gasteiger partial charge in [0.1, 0.15) is 17.1 Å². The molecular weight excluding hydrogens is 478 g/mol. The number of rotatable bonds is 7. The first-order chi connectivity index (χ1) is 17.2. The third-order valence-corrected chi connectivity index (χ3v) is 7.36. The molecule has 9 heteroatoms. The minimum absolute atomic E-state index is 0.102. The van der Waals surface area contributed by atoms with Gasteiger partial charge in [0.05, 0.1) is 12.8 Å². The van der Waals surface area contributed by atoms with E-state index in [0.717, 1.165) is 39.5 Å². The lowest BCUT2D eigenvalue weighted by atomic mass is 10.0. The van der Waals surface area contributed by atoms with Crippen molar-refractivity contribution >= 4 is 44.9 Å². The molecule has 7 nitrogen and oxygen atoms in total. The maximum atomic E-state index is 12.5. The number of hydrogen-bond donors (Lipinski definition) is 1. The standard InChI is InChI=1S/C26H19N5O2S2/c1-33-17-8-2-7-16(13-17)20-14-35-25(27-20)28-21(32)11-12-34-26-29-23-18-9-3-5-15-6-4-10-19(22(15)18)24(23)30-31-26/h2-10,13-14H,11-12H2,1H3,(H,27,28,32). The van der Waals surface area contributed by atoms with Crippen molar-refractivity contribution in [1.82, 2.24) is 20.2 Å². The summed E-state index contributed by atoms with van der Waals surface area (Å²) >= 11 is 2.82. The van der Waals surface area contributed by atoms with E-state index >= 15 is 0 Å². The van der Waals surface area contributed by atoms with Gasteiger partial charge in [0, 0.05) is 39.6 Å². The molecule has 0 spiro atoms. The number of methoxy groups -OCH3 is 1. The highest BCUT2D eigenvalue weighted by atomic mass is 32.2. The second-order valence-electron chi connectivity index (χ2n) is 7.92. The topological polar surface area (TPSA) is 89.9 Å². The van der Waals surface area contributed by atoms with E-state index < -0.39 is 0 Å². The molecule has 6 rings (SSSR count). The van der Waals surface area contributed by atoms with Gasteiger partial charge in [-0.25, -0.2) is 9.97 Å². The summed E-state index contributed by atoms with van der Waals surface area (Å²) < 4.78 is 5.27. The average molecular weight is 498 g/mol. The zero-order valence-electron chi connectivity index (χ0n) is 18.7. The molecule has 1 aliphatic carbocycles. The van der Waals surface area contributed by atoms with Crippen molar-refractivity contribution in [1.29, 1.82) is 0 Å². The lowest BCUT2D eigenvalue weighted by Crippen LogP contribution is -2.12. The Kier molecular flexibility index (Phi) is 5.63. The molecule has 0 bridgehead atoms.